The normalized spacial score (nSPS) is 16.1. The number of halogens is 1. The maximum absolute atomic E-state index is 13.1. The first kappa shape index (κ1) is 17.6. The molecule has 0 spiro atoms. The molecule has 4 nitrogen and oxygen atoms in total. The molecule has 1 aromatic carbocycles. The van der Waals surface area contributed by atoms with Crippen LogP contribution in [0.3, 0.4) is 0 Å². The highest BCUT2D eigenvalue weighted by atomic mass is 32.2. The standard InChI is InChI=1S/C18H16FN3OS2/c1-4-9-21-17(23)16(25-18(21)24)10-15-11(2)20-22(12(15)3)14-7-5-13(19)6-8-14/h4-8,10H,1,9H2,2-3H3. The van der Waals surface area contributed by atoms with Gasteiger partial charge in [-0.3, -0.25) is 9.69 Å². The second-order valence-electron chi connectivity index (χ2n) is 5.55. The fourth-order valence-electron chi connectivity index (χ4n) is 2.61. The van der Waals surface area contributed by atoms with Gasteiger partial charge in [-0.05, 0) is 44.2 Å². The molecule has 1 saturated heterocycles. The summed E-state index contributed by atoms with van der Waals surface area (Å²) in [6, 6.07) is 6.13. The highest BCUT2D eigenvalue weighted by molar-refractivity contribution is 8.26. The van der Waals surface area contributed by atoms with E-state index in [9.17, 15) is 9.18 Å². The molecule has 0 atom stereocenters. The van der Waals surface area contributed by atoms with E-state index in [1.54, 1.807) is 22.9 Å². The topological polar surface area (TPSA) is 38.1 Å². The summed E-state index contributed by atoms with van der Waals surface area (Å²) in [6.45, 7) is 7.84. The highest BCUT2D eigenvalue weighted by Gasteiger charge is 2.31. The predicted molar refractivity (Wildman–Crippen MR) is 103 cm³/mol. The predicted octanol–water partition coefficient (Wildman–Crippen LogP) is 4.02. The van der Waals surface area contributed by atoms with Crippen LogP contribution in [0, 0.1) is 19.7 Å². The summed E-state index contributed by atoms with van der Waals surface area (Å²) in [6.07, 6.45) is 3.47. The molecule has 128 valence electrons. The lowest BCUT2D eigenvalue weighted by atomic mass is 10.1. The van der Waals surface area contributed by atoms with Crippen LogP contribution >= 0.6 is 24.0 Å². The van der Waals surface area contributed by atoms with E-state index in [4.69, 9.17) is 12.2 Å². The molecule has 0 radical (unpaired) electrons. The second-order valence-corrected chi connectivity index (χ2v) is 7.23. The monoisotopic (exact) mass is 373 g/mol. The smallest absolute Gasteiger partial charge is 0.266 e. The molecule has 1 aliphatic heterocycles. The Bertz CT molecular complexity index is 900. The molecule has 1 amide bonds. The van der Waals surface area contributed by atoms with E-state index in [1.807, 2.05) is 19.9 Å². The number of thioether (sulfide) groups is 1. The van der Waals surface area contributed by atoms with Gasteiger partial charge in [0, 0.05) is 17.8 Å². The van der Waals surface area contributed by atoms with Crippen molar-refractivity contribution in [3.8, 4) is 5.69 Å². The summed E-state index contributed by atoms with van der Waals surface area (Å²) in [5, 5.41) is 4.52. The van der Waals surface area contributed by atoms with E-state index in [0.29, 0.717) is 15.8 Å². The number of thiocarbonyl (C=S) groups is 1. The molecule has 2 heterocycles. The van der Waals surface area contributed by atoms with Gasteiger partial charge in [-0.1, -0.05) is 30.1 Å². The molecule has 0 unspecified atom stereocenters. The van der Waals surface area contributed by atoms with Gasteiger partial charge in [-0.15, -0.1) is 6.58 Å². The Hall–Kier alpha value is -2.25. The first-order valence-electron chi connectivity index (χ1n) is 7.60. The number of nitrogens with zero attached hydrogens (tertiary/aromatic N) is 3. The van der Waals surface area contributed by atoms with Crippen LogP contribution in [0.2, 0.25) is 0 Å². The molecule has 7 heteroatoms. The van der Waals surface area contributed by atoms with E-state index in [0.717, 1.165) is 22.6 Å². The molecule has 3 rings (SSSR count). The van der Waals surface area contributed by atoms with Gasteiger partial charge in [-0.25, -0.2) is 9.07 Å². The van der Waals surface area contributed by atoms with Gasteiger partial charge in [0.25, 0.3) is 5.91 Å². The minimum atomic E-state index is -0.295. The van der Waals surface area contributed by atoms with Gasteiger partial charge in [0.05, 0.1) is 16.3 Å². The average Bonchev–Trinajstić information content (AvgIpc) is 3.01. The Morgan fingerprint density at radius 1 is 1.32 bits per heavy atom. The van der Waals surface area contributed by atoms with Gasteiger partial charge in [-0.2, -0.15) is 5.10 Å². The van der Waals surface area contributed by atoms with Gasteiger partial charge < -0.3 is 0 Å². The summed E-state index contributed by atoms with van der Waals surface area (Å²) in [4.78, 5) is 14.6. The van der Waals surface area contributed by atoms with Crippen molar-refractivity contribution in [2.45, 2.75) is 13.8 Å². The van der Waals surface area contributed by atoms with E-state index < -0.39 is 0 Å². The van der Waals surface area contributed by atoms with Crippen LogP contribution < -0.4 is 0 Å². The number of amides is 1. The van der Waals surface area contributed by atoms with Gasteiger partial charge in [0.1, 0.15) is 10.1 Å². The molecule has 25 heavy (non-hydrogen) atoms. The van der Waals surface area contributed by atoms with Crippen LogP contribution in [0.15, 0.2) is 41.8 Å². The van der Waals surface area contributed by atoms with Crippen molar-refractivity contribution in [2.75, 3.05) is 6.54 Å². The maximum Gasteiger partial charge on any atom is 0.266 e. The number of aromatic nitrogens is 2. The third kappa shape index (κ3) is 3.29. The lowest BCUT2D eigenvalue weighted by Gasteiger charge is -2.10. The van der Waals surface area contributed by atoms with E-state index in [-0.39, 0.29) is 11.7 Å². The van der Waals surface area contributed by atoms with Gasteiger partial charge in [0.15, 0.2) is 0 Å². The Balaban J connectivity index is 1.99. The SMILES string of the molecule is C=CCN1C(=O)C(=Cc2c(C)nn(-c3ccc(F)cc3)c2C)SC1=S. The largest absolute Gasteiger partial charge is 0.289 e. The summed E-state index contributed by atoms with van der Waals surface area (Å²) < 4.78 is 15.4. The van der Waals surface area contributed by atoms with Crippen LogP contribution in [0.25, 0.3) is 11.8 Å². The van der Waals surface area contributed by atoms with Gasteiger partial charge in [0.2, 0.25) is 0 Å². The quantitative estimate of drug-likeness (QED) is 0.461. The molecule has 0 bridgehead atoms. The van der Waals surface area contributed by atoms with Crippen LogP contribution in [0.4, 0.5) is 4.39 Å². The van der Waals surface area contributed by atoms with Crippen molar-refractivity contribution in [3.63, 3.8) is 0 Å². The average molecular weight is 373 g/mol. The minimum absolute atomic E-state index is 0.122. The Kier molecular flexibility index (Phi) is 4.87. The van der Waals surface area contributed by atoms with Crippen molar-refractivity contribution in [1.82, 2.24) is 14.7 Å². The zero-order chi connectivity index (χ0) is 18.1. The highest BCUT2D eigenvalue weighted by Crippen LogP contribution is 2.33. The number of carbonyl (C=O) groups excluding carboxylic acids is 1. The number of rotatable bonds is 4. The lowest BCUT2D eigenvalue weighted by Crippen LogP contribution is -2.27. The van der Waals surface area contributed by atoms with E-state index in [1.165, 1.54) is 28.8 Å². The van der Waals surface area contributed by atoms with Crippen LogP contribution in [0.5, 0.6) is 0 Å². The Morgan fingerprint density at radius 3 is 2.64 bits per heavy atom. The molecule has 0 saturated carbocycles. The molecule has 1 aliphatic rings. The number of hydrogen-bond donors (Lipinski definition) is 0. The summed E-state index contributed by atoms with van der Waals surface area (Å²) in [7, 11) is 0. The Morgan fingerprint density at radius 2 is 2.00 bits per heavy atom. The van der Waals surface area contributed by atoms with Crippen molar-refractivity contribution in [1.29, 1.82) is 0 Å². The molecule has 0 N–H and O–H groups in total. The summed E-state index contributed by atoms with van der Waals surface area (Å²) in [5.41, 5.74) is 3.29. The van der Waals surface area contributed by atoms with Gasteiger partial charge >= 0.3 is 0 Å². The number of aryl methyl sites for hydroxylation is 1. The number of hydrogen-bond acceptors (Lipinski definition) is 4. The molecular formula is C18H16FN3OS2. The van der Waals surface area contributed by atoms with Crippen molar-refractivity contribution < 1.29 is 9.18 Å². The molecule has 1 fully saturated rings. The summed E-state index contributed by atoms with van der Waals surface area (Å²) in [5.74, 6) is -0.417. The molecular weight excluding hydrogens is 357 g/mol. The first-order valence-corrected chi connectivity index (χ1v) is 8.83. The molecule has 0 aliphatic carbocycles. The van der Waals surface area contributed by atoms with Crippen molar-refractivity contribution in [2.24, 2.45) is 0 Å². The second kappa shape index (κ2) is 6.93. The fraction of sp³-hybridized carbons (Fsp3) is 0.167. The van der Waals surface area contributed by atoms with Crippen LogP contribution in [-0.4, -0.2) is 31.5 Å². The van der Waals surface area contributed by atoms with Crippen molar-refractivity contribution in [3.05, 3.63) is 64.6 Å². The van der Waals surface area contributed by atoms with Crippen LogP contribution in [-0.2, 0) is 4.79 Å². The lowest BCUT2D eigenvalue weighted by molar-refractivity contribution is -0.121. The van der Waals surface area contributed by atoms with Crippen LogP contribution in [0.1, 0.15) is 17.0 Å². The number of benzene rings is 1. The summed E-state index contributed by atoms with van der Waals surface area (Å²) >= 11 is 6.53. The zero-order valence-electron chi connectivity index (χ0n) is 13.8. The Labute approximate surface area is 155 Å². The first-order chi connectivity index (χ1) is 11.9. The molecule has 1 aromatic heterocycles. The van der Waals surface area contributed by atoms with E-state index >= 15 is 0 Å². The minimum Gasteiger partial charge on any atom is -0.289 e. The van der Waals surface area contributed by atoms with E-state index in [2.05, 4.69) is 11.7 Å². The maximum atomic E-state index is 13.1. The zero-order valence-corrected chi connectivity index (χ0v) is 15.5. The third-order valence-electron chi connectivity index (χ3n) is 3.88. The number of carbonyl (C=O) groups is 1. The third-order valence-corrected chi connectivity index (χ3v) is 5.26. The van der Waals surface area contributed by atoms with Crippen molar-refractivity contribution >= 4 is 40.3 Å². The fourth-order valence-corrected chi connectivity index (χ4v) is 3.87. The molecule has 2 aromatic rings.